The highest BCUT2D eigenvalue weighted by Gasteiger charge is 2.28. The van der Waals surface area contributed by atoms with Gasteiger partial charge in [-0.3, -0.25) is 5.32 Å². The Balaban J connectivity index is 1.53. The number of methoxy groups -OCH3 is 1. The molecule has 0 unspecified atom stereocenters. The summed E-state index contributed by atoms with van der Waals surface area (Å²) in [6, 6.07) is 3.63. The monoisotopic (exact) mass is 332 g/mol. The largest absolute Gasteiger partial charge is 0.493 e. The molecule has 0 bridgehead atoms. The van der Waals surface area contributed by atoms with Crippen LogP contribution in [0.15, 0.2) is 12.1 Å². The van der Waals surface area contributed by atoms with Gasteiger partial charge in [0, 0.05) is 25.3 Å². The second kappa shape index (κ2) is 7.83. The number of hydrogen-bond acceptors (Lipinski definition) is 4. The van der Waals surface area contributed by atoms with Gasteiger partial charge in [-0.05, 0) is 57.3 Å². The molecule has 24 heavy (non-hydrogen) atoms. The van der Waals surface area contributed by atoms with E-state index < -0.39 is 0 Å². The molecule has 0 aromatic carbocycles. The van der Waals surface area contributed by atoms with Crippen LogP contribution in [0.5, 0.6) is 5.75 Å². The van der Waals surface area contributed by atoms with E-state index in [0.29, 0.717) is 17.5 Å². The molecule has 3 rings (SSSR count). The van der Waals surface area contributed by atoms with E-state index in [9.17, 15) is 4.79 Å². The molecule has 2 amide bonds. The van der Waals surface area contributed by atoms with Crippen LogP contribution in [0.1, 0.15) is 31.4 Å². The number of ether oxygens (including phenoxy) is 1. The molecule has 3 heterocycles. The average Bonchev–Trinajstić information content (AvgIpc) is 3.05. The summed E-state index contributed by atoms with van der Waals surface area (Å²) in [5, 5.41) is 2.91. The van der Waals surface area contributed by atoms with Gasteiger partial charge in [0.05, 0.1) is 7.11 Å². The average molecular weight is 332 g/mol. The van der Waals surface area contributed by atoms with Crippen LogP contribution in [-0.4, -0.2) is 60.6 Å². The summed E-state index contributed by atoms with van der Waals surface area (Å²) < 4.78 is 5.28. The topological polar surface area (TPSA) is 57.7 Å². The van der Waals surface area contributed by atoms with Crippen molar-refractivity contribution in [1.29, 1.82) is 0 Å². The summed E-state index contributed by atoms with van der Waals surface area (Å²) in [6.07, 6.45) is 5.08. The van der Waals surface area contributed by atoms with E-state index in [2.05, 4.69) is 15.2 Å². The molecule has 2 fully saturated rings. The highest BCUT2D eigenvalue weighted by Crippen LogP contribution is 2.24. The van der Waals surface area contributed by atoms with Crippen molar-refractivity contribution in [1.82, 2.24) is 14.8 Å². The Hall–Kier alpha value is -1.82. The van der Waals surface area contributed by atoms with Crippen LogP contribution in [0.25, 0.3) is 0 Å². The summed E-state index contributed by atoms with van der Waals surface area (Å²) in [5.74, 6) is 1.68. The van der Waals surface area contributed by atoms with E-state index in [1.807, 2.05) is 24.0 Å². The molecule has 1 aromatic rings. The minimum Gasteiger partial charge on any atom is -0.493 e. The van der Waals surface area contributed by atoms with Gasteiger partial charge in [-0.2, -0.15) is 0 Å². The summed E-state index contributed by atoms with van der Waals surface area (Å²) >= 11 is 0. The number of nitrogens with zero attached hydrogens (tertiary/aromatic N) is 3. The Labute approximate surface area is 144 Å². The molecule has 0 aliphatic carbocycles. The third kappa shape index (κ3) is 4.17. The maximum atomic E-state index is 12.5. The van der Waals surface area contributed by atoms with Crippen molar-refractivity contribution >= 4 is 11.8 Å². The van der Waals surface area contributed by atoms with Crippen molar-refractivity contribution in [2.24, 2.45) is 5.92 Å². The van der Waals surface area contributed by atoms with Gasteiger partial charge in [0.1, 0.15) is 0 Å². The van der Waals surface area contributed by atoms with Crippen molar-refractivity contribution < 1.29 is 9.53 Å². The zero-order valence-electron chi connectivity index (χ0n) is 14.8. The number of aromatic nitrogens is 1. The molecule has 2 saturated heterocycles. The smallest absolute Gasteiger partial charge is 0.323 e. The number of nitrogens with one attached hydrogen (secondary N) is 1. The molecule has 0 saturated carbocycles. The lowest BCUT2D eigenvalue weighted by molar-refractivity contribution is 0.192. The van der Waals surface area contributed by atoms with Crippen molar-refractivity contribution in [2.75, 3.05) is 45.2 Å². The highest BCUT2D eigenvalue weighted by atomic mass is 16.5. The number of carbonyl (C=O) groups excluding carboxylic acids is 1. The molecule has 0 spiro atoms. The van der Waals surface area contributed by atoms with E-state index in [1.54, 1.807) is 7.11 Å². The molecule has 1 N–H and O–H groups in total. The van der Waals surface area contributed by atoms with Crippen LogP contribution >= 0.6 is 0 Å². The molecule has 0 radical (unpaired) electrons. The maximum absolute atomic E-state index is 12.5. The number of pyridine rings is 1. The van der Waals surface area contributed by atoms with Crippen LogP contribution in [0, 0.1) is 12.8 Å². The van der Waals surface area contributed by atoms with Crippen LogP contribution in [0.2, 0.25) is 0 Å². The summed E-state index contributed by atoms with van der Waals surface area (Å²) in [5.41, 5.74) is 0.857. The minimum atomic E-state index is -0.0763. The first kappa shape index (κ1) is 17.0. The summed E-state index contributed by atoms with van der Waals surface area (Å²) in [4.78, 5) is 21.4. The van der Waals surface area contributed by atoms with Gasteiger partial charge < -0.3 is 14.5 Å². The molecule has 6 nitrogen and oxygen atoms in total. The number of carbonyl (C=O) groups is 1. The predicted molar refractivity (Wildman–Crippen MR) is 94.5 cm³/mol. The molecule has 6 heteroatoms. The maximum Gasteiger partial charge on any atom is 0.323 e. The van der Waals surface area contributed by atoms with Gasteiger partial charge in [-0.15, -0.1) is 0 Å². The summed E-state index contributed by atoms with van der Waals surface area (Å²) in [6.45, 7) is 7.10. The van der Waals surface area contributed by atoms with Gasteiger partial charge in [-0.25, -0.2) is 9.78 Å². The molecule has 132 valence electrons. The van der Waals surface area contributed by atoms with Crippen LogP contribution in [-0.2, 0) is 0 Å². The third-order valence-electron chi connectivity index (χ3n) is 4.98. The minimum absolute atomic E-state index is 0.0763. The summed E-state index contributed by atoms with van der Waals surface area (Å²) in [7, 11) is 1.59. The fraction of sp³-hybridized carbons (Fsp3) is 0.667. The van der Waals surface area contributed by atoms with Gasteiger partial charge in [0.25, 0.3) is 0 Å². The number of rotatable bonds is 4. The number of urea groups is 1. The van der Waals surface area contributed by atoms with E-state index >= 15 is 0 Å². The van der Waals surface area contributed by atoms with Gasteiger partial charge >= 0.3 is 6.03 Å². The van der Waals surface area contributed by atoms with E-state index in [4.69, 9.17) is 4.74 Å². The Morgan fingerprint density at radius 2 is 2.08 bits per heavy atom. The van der Waals surface area contributed by atoms with E-state index in [0.717, 1.165) is 31.7 Å². The first-order valence-electron chi connectivity index (χ1n) is 8.95. The van der Waals surface area contributed by atoms with E-state index in [1.165, 1.54) is 32.4 Å². The lowest BCUT2D eigenvalue weighted by atomic mass is 10.1. The zero-order valence-corrected chi connectivity index (χ0v) is 14.8. The molecule has 1 atom stereocenters. The fourth-order valence-corrected chi connectivity index (χ4v) is 3.65. The Kier molecular flexibility index (Phi) is 5.56. The lowest BCUT2D eigenvalue weighted by Crippen LogP contribution is -2.37. The number of anilines is 1. The van der Waals surface area contributed by atoms with Crippen molar-refractivity contribution in [3.05, 3.63) is 17.8 Å². The quantitative estimate of drug-likeness (QED) is 0.921. The zero-order chi connectivity index (χ0) is 16.9. The number of likely N-dealkylation sites (tertiary alicyclic amines) is 2. The van der Waals surface area contributed by atoms with Crippen molar-refractivity contribution in [3.63, 3.8) is 0 Å². The second-order valence-electron chi connectivity index (χ2n) is 6.90. The Bertz CT molecular complexity index is 572. The Morgan fingerprint density at radius 1 is 1.29 bits per heavy atom. The SMILES string of the molecule is COc1ccc(C)nc1NC(=O)N1CC[C@H](CN2CCCCC2)C1. The first-order valence-corrected chi connectivity index (χ1v) is 8.95. The number of hydrogen-bond donors (Lipinski definition) is 1. The van der Waals surface area contributed by atoms with Crippen LogP contribution < -0.4 is 10.1 Å². The molecular weight excluding hydrogens is 304 g/mol. The fourth-order valence-electron chi connectivity index (χ4n) is 3.65. The van der Waals surface area contributed by atoms with Gasteiger partial charge in [-0.1, -0.05) is 6.42 Å². The molecular formula is C18H28N4O2. The molecule has 2 aliphatic rings. The third-order valence-corrected chi connectivity index (χ3v) is 4.98. The van der Waals surface area contributed by atoms with Gasteiger partial charge in [0.2, 0.25) is 0 Å². The van der Waals surface area contributed by atoms with Crippen LogP contribution in [0.4, 0.5) is 10.6 Å². The van der Waals surface area contributed by atoms with Crippen molar-refractivity contribution in [3.8, 4) is 5.75 Å². The lowest BCUT2D eigenvalue weighted by Gasteiger charge is -2.29. The van der Waals surface area contributed by atoms with Crippen LogP contribution in [0.3, 0.4) is 0 Å². The molecule has 1 aromatic heterocycles. The standard InChI is InChI=1S/C18H28N4O2/c1-14-6-7-16(24-2)17(19-14)20-18(23)22-11-8-15(13-22)12-21-9-4-3-5-10-21/h6-7,15H,3-5,8-13H2,1-2H3,(H,19,20,23)/t15-/m1/s1. The Morgan fingerprint density at radius 3 is 2.83 bits per heavy atom. The number of piperidine rings is 1. The highest BCUT2D eigenvalue weighted by molar-refractivity contribution is 5.90. The molecule has 2 aliphatic heterocycles. The number of amides is 2. The second-order valence-corrected chi connectivity index (χ2v) is 6.90. The van der Waals surface area contributed by atoms with Gasteiger partial charge in [0.15, 0.2) is 11.6 Å². The number of aryl methyl sites for hydroxylation is 1. The normalized spacial score (nSPS) is 21.8. The van der Waals surface area contributed by atoms with Crippen molar-refractivity contribution in [2.45, 2.75) is 32.6 Å². The first-order chi connectivity index (χ1) is 11.7. The van der Waals surface area contributed by atoms with E-state index in [-0.39, 0.29) is 6.03 Å². The predicted octanol–water partition coefficient (Wildman–Crippen LogP) is 2.74.